The molecule has 0 saturated carbocycles. The Labute approximate surface area is 98.7 Å². The van der Waals surface area contributed by atoms with E-state index >= 15 is 0 Å². The van der Waals surface area contributed by atoms with Gasteiger partial charge in [-0.2, -0.15) is 0 Å². The van der Waals surface area contributed by atoms with E-state index in [1.165, 1.54) is 0 Å². The molecule has 0 spiro atoms. The van der Waals surface area contributed by atoms with Crippen LogP contribution >= 0.6 is 0 Å². The molecule has 0 radical (unpaired) electrons. The van der Waals surface area contributed by atoms with Crippen molar-refractivity contribution in [1.29, 1.82) is 0 Å². The Morgan fingerprint density at radius 2 is 1.75 bits per heavy atom. The molecule has 0 saturated heterocycles. The van der Waals surface area contributed by atoms with E-state index in [4.69, 9.17) is 9.47 Å². The molecule has 96 valence electrons. The zero-order valence-electron chi connectivity index (χ0n) is 11.3. The van der Waals surface area contributed by atoms with Gasteiger partial charge in [-0.25, -0.2) is 4.79 Å². The summed E-state index contributed by atoms with van der Waals surface area (Å²) in [6.45, 7) is 12.8. The van der Waals surface area contributed by atoms with Gasteiger partial charge in [-0.1, -0.05) is 13.8 Å². The summed E-state index contributed by atoms with van der Waals surface area (Å²) in [5.74, 6) is 0.508. The molecule has 0 aliphatic carbocycles. The average Bonchev–Trinajstić information content (AvgIpc) is 1.98. The summed E-state index contributed by atoms with van der Waals surface area (Å²) in [7, 11) is 0. The lowest BCUT2D eigenvalue weighted by atomic mass is 10.2. The van der Waals surface area contributed by atoms with Crippen LogP contribution in [0.25, 0.3) is 0 Å². The first kappa shape index (κ1) is 15.2. The zero-order chi connectivity index (χ0) is 12.8. The number of hydrogen-bond donors (Lipinski definition) is 1. The van der Waals surface area contributed by atoms with Gasteiger partial charge in [0.25, 0.3) is 0 Å². The fourth-order valence-corrected chi connectivity index (χ4v) is 1.03. The maximum Gasteiger partial charge on any atom is 0.407 e. The fourth-order valence-electron chi connectivity index (χ4n) is 1.03. The first-order valence-electron chi connectivity index (χ1n) is 5.78. The molecule has 0 fully saturated rings. The van der Waals surface area contributed by atoms with Crippen molar-refractivity contribution in [3.05, 3.63) is 0 Å². The summed E-state index contributed by atoms with van der Waals surface area (Å²) in [5.41, 5.74) is -0.456. The molecule has 0 bridgehead atoms. The van der Waals surface area contributed by atoms with E-state index in [0.29, 0.717) is 19.1 Å². The third kappa shape index (κ3) is 9.77. The Bertz CT molecular complexity index is 209. The first-order valence-corrected chi connectivity index (χ1v) is 5.78. The highest BCUT2D eigenvalue weighted by Gasteiger charge is 2.17. The summed E-state index contributed by atoms with van der Waals surface area (Å²) in [5, 5.41) is 2.72. The Morgan fingerprint density at radius 3 is 2.19 bits per heavy atom. The number of hydrogen-bond acceptors (Lipinski definition) is 3. The Kier molecular flexibility index (Phi) is 6.41. The second-order valence-corrected chi connectivity index (χ2v) is 5.48. The van der Waals surface area contributed by atoms with Gasteiger partial charge < -0.3 is 14.8 Å². The van der Waals surface area contributed by atoms with E-state index < -0.39 is 11.7 Å². The third-order valence-electron chi connectivity index (χ3n) is 1.58. The molecular formula is C12H25NO3. The number of carbonyl (C=O) groups is 1. The van der Waals surface area contributed by atoms with Crippen molar-refractivity contribution in [2.24, 2.45) is 5.92 Å². The van der Waals surface area contributed by atoms with Crippen molar-refractivity contribution in [2.75, 3.05) is 13.2 Å². The molecule has 1 N–H and O–H groups in total. The summed E-state index contributed by atoms with van der Waals surface area (Å²) in [6, 6.07) is -0.0337. The predicted octanol–water partition coefficient (Wildman–Crippen LogP) is 2.57. The van der Waals surface area contributed by atoms with Gasteiger partial charge >= 0.3 is 6.09 Å². The normalized spacial score (nSPS) is 13.7. The molecule has 1 amide bonds. The standard InChI is InChI=1S/C12H25NO3/c1-9(2)7-15-8-10(3)13-11(14)16-12(4,5)6/h9-10H,7-8H2,1-6H3,(H,13,14). The average molecular weight is 231 g/mol. The summed E-state index contributed by atoms with van der Waals surface area (Å²) in [4.78, 5) is 11.4. The van der Waals surface area contributed by atoms with Crippen LogP contribution in [-0.2, 0) is 9.47 Å². The van der Waals surface area contributed by atoms with Crippen molar-refractivity contribution in [2.45, 2.75) is 53.2 Å². The molecule has 0 heterocycles. The topological polar surface area (TPSA) is 47.6 Å². The molecular weight excluding hydrogens is 206 g/mol. The third-order valence-corrected chi connectivity index (χ3v) is 1.58. The quantitative estimate of drug-likeness (QED) is 0.791. The van der Waals surface area contributed by atoms with Crippen LogP contribution in [0.2, 0.25) is 0 Å². The minimum absolute atomic E-state index is 0.0337. The molecule has 0 aromatic carbocycles. The van der Waals surface area contributed by atoms with Crippen LogP contribution in [0, 0.1) is 5.92 Å². The van der Waals surface area contributed by atoms with E-state index in [9.17, 15) is 4.79 Å². The number of rotatable bonds is 5. The number of ether oxygens (including phenoxy) is 2. The van der Waals surface area contributed by atoms with Crippen LogP contribution in [0.5, 0.6) is 0 Å². The van der Waals surface area contributed by atoms with Gasteiger partial charge in [0.15, 0.2) is 0 Å². The Morgan fingerprint density at radius 1 is 1.19 bits per heavy atom. The molecule has 16 heavy (non-hydrogen) atoms. The smallest absolute Gasteiger partial charge is 0.407 e. The van der Waals surface area contributed by atoms with Crippen molar-refractivity contribution in [1.82, 2.24) is 5.32 Å². The van der Waals surface area contributed by atoms with E-state index in [0.717, 1.165) is 0 Å². The summed E-state index contributed by atoms with van der Waals surface area (Å²) in [6.07, 6.45) is -0.395. The van der Waals surface area contributed by atoms with Gasteiger partial charge in [0.05, 0.1) is 12.6 Å². The SMILES string of the molecule is CC(C)COCC(C)NC(=O)OC(C)(C)C. The lowest BCUT2D eigenvalue weighted by Gasteiger charge is -2.22. The molecule has 0 aromatic heterocycles. The van der Waals surface area contributed by atoms with Gasteiger partial charge in [0.2, 0.25) is 0 Å². The predicted molar refractivity (Wildman–Crippen MR) is 64.5 cm³/mol. The first-order chi connectivity index (χ1) is 7.20. The second-order valence-electron chi connectivity index (χ2n) is 5.48. The largest absolute Gasteiger partial charge is 0.444 e. The lowest BCUT2D eigenvalue weighted by Crippen LogP contribution is -2.40. The van der Waals surface area contributed by atoms with E-state index in [1.807, 2.05) is 27.7 Å². The molecule has 0 aliphatic heterocycles. The fraction of sp³-hybridized carbons (Fsp3) is 0.917. The Balaban J connectivity index is 3.70. The zero-order valence-corrected chi connectivity index (χ0v) is 11.3. The Hall–Kier alpha value is -0.770. The van der Waals surface area contributed by atoms with Crippen LogP contribution in [0.15, 0.2) is 0 Å². The van der Waals surface area contributed by atoms with Crippen molar-refractivity contribution in [3.63, 3.8) is 0 Å². The van der Waals surface area contributed by atoms with E-state index in [-0.39, 0.29) is 6.04 Å². The number of nitrogens with one attached hydrogen (secondary N) is 1. The monoisotopic (exact) mass is 231 g/mol. The van der Waals surface area contributed by atoms with Gasteiger partial charge in [0.1, 0.15) is 5.60 Å². The molecule has 0 rings (SSSR count). The van der Waals surface area contributed by atoms with Crippen LogP contribution in [-0.4, -0.2) is 30.9 Å². The van der Waals surface area contributed by atoms with Crippen molar-refractivity contribution in [3.8, 4) is 0 Å². The molecule has 0 aliphatic rings. The highest BCUT2D eigenvalue weighted by atomic mass is 16.6. The molecule has 4 nitrogen and oxygen atoms in total. The second kappa shape index (κ2) is 6.74. The number of alkyl carbamates (subject to hydrolysis) is 1. The van der Waals surface area contributed by atoms with Crippen molar-refractivity contribution < 1.29 is 14.3 Å². The van der Waals surface area contributed by atoms with E-state index in [1.54, 1.807) is 0 Å². The van der Waals surface area contributed by atoms with Gasteiger partial charge in [-0.3, -0.25) is 0 Å². The minimum atomic E-state index is -0.456. The molecule has 4 heteroatoms. The minimum Gasteiger partial charge on any atom is -0.444 e. The molecule has 0 aromatic rings. The summed E-state index contributed by atoms with van der Waals surface area (Å²) < 4.78 is 10.5. The number of carbonyl (C=O) groups excluding carboxylic acids is 1. The highest BCUT2D eigenvalue weighted by Crippen LogP contribution is 2.06. The maximum absolute atomic E-state index is 11.4. The van der Waals surface area contributed by atoms with Gasteiger partial charge in [-0.15, -0.1) is 0 Å². The molecule has 1 atom stereocenters. The van der Waals surface area contributed by atoms with Crippen LogP contribution in [0.3, 0.4) is 0 Å². The summed E-state index contributed by atoms with van der Waals surface area (Å²) >= 11 is 0. The van der Waals surface area contributed by atoms with Crippen molar-refractivity contribution >= 4 is 6.09 Å². The van der Waals surface area contributed by atoms with Gasteiger partial charge in [-0.05, 0) is 33.6 Å². The van der Waals surface area contributed by atoms with Crippen LogP contribution in [0.4, 0.5) is 4.79 Å². The van der Waals surface area contributed by atoms with Crippen LogP contribution in [0.1, 0.15) is 41.5 Å². The number of amides is 1. The highest BCUT2D eigenvalue weighted by molar-refractivity contribution is 5.68. The van der Waals surface area contributed by atoms with Gasteiger partial charge in [0, 0.05) is 6.61 Å². The van der Waals surface area contributed by atoms with E-state index in [2.05, 4.69) is 19.2 Å². The maximum atomic E-state index is 11.4. The molecule has 1 unspecified atom stereocenters. The van der Waals surface area contributed by atoms with Crippen LogP contribution < -0.4 is 5.32 Å². The lowest BCUT2D eigenvalue weighted by molar-refractivity contribution is 0.0436.